The summed E-state index contributed by atoms with van der Waals surface area (Å²) in [4.78, 5) is -1.10. The molecule has 2 aromatic rings. The Morgan fingerprint density at radius 2 is 1.70 bits per heavy atom. The van der Waals surface area contributed by atoms with Gasteiger partial charge in [0.1, 0.15) is 10.6 Å². The molecular formula is C11H11NO6S2. The van der Waals surface area contributed by atoms with Crippen molar-refractivity contribution in [1.29, 1.82) is 0 Å². The predicted octanol–water partition coefficient (Wildman–Crippen LogP) is 0.778. The van der Waals surface area contributed by atoms with Gasteiger partial charge in [0.05, 0.1) is 10.6 Å². The molecule has 0 heterocycles. The van der Waals surface area contributed by atoms with E-state index < -0.39 is 30.5 Å². The molecule has 0 aromatic heterocycles. The molecule has 7 nitrogen and oxygen atoms in total. The molecule has 0 radical (unpaired) electrons. The fraction of sp³-hybridized carbons (Fsp3) is 0.0909. The van der Waals surface area contributed by atoms with Crippen molar-refractivity contribution in [3.63, 3.8) is 0 Å². The van der Waals surface area contributed by atoms with Gasteiger partial charge in [0, 0.05) is 17.0 Å². The maximum absolute atomic E-state index is 11.7. The van der Waals surface area contributed by atoms with E-state index in [1.807, 2.05) is 0 Å². The van der Waals surface area contributed by atoms with Gasteiger partial charge in [0.15, 0.2) is 9.84 Å². The summed E-state index contributed by atoms with van der Waals surface area (Å²) in [5.74, 6) is -0.379. The second kappa shape index (κ2) is 4.33. The average Bonchev–Trinajstić information content (AvgIpc) is 2.25. The molecule has 0 aliphatic carbocycles. The predicted molar refractivity (Wildman–Crippen MR) is 72.9 cm³/mol. The van der Waals surface area contributed by atoms with Crippen LogP contribution in [0.25, 0.3) is 10.8 Å². The van der Waals surface area contributed by atoms with E-state index >= 15 is 0 Å². The second-order valence-corrected chi connectivity index (χ2v) is 7.61. The lowest BCUT2D eigenvalue weighted by Gasteiger charge is -2.12. The fourth-order valence-corrected chi connectivity index (χ4v) is 3.57. The number of anilines is 1. The molecule has 0 saturated carbocycles. The molecule has 2 aromatic carbocycles. The zero-order valence-electron chi connectivity index (χ0n) is 10.2. The zero-order chi connectivity index (χ0) is 15.3. The van der Waals surface area contributed by atoms with Crippen LogP contribution in [0.3, 0.4) is 0 Å². The maximum atomic E-state index is 11.7. The van der Waals surface area contributed by atoms with Gasteiger partial charge in [-0.1, -0.05) is 12.1 Å². The van der Waals surface area contributed by atoms with Gasteiger partial charge in [-0.15, -0.1) is 0 Å². The standard InChI is InChI=1S/C11H11NO6S2/c1-19(14,15)8-5-9(20(16,17)18)11(12)10-6(8)3-2-4-7(10)13/h2-5,13H,12H2,1H3,(H,16,17,18). The molecule has 2 rings (SSSR count). The molecule has 0 amide bonds. The third-order valence-corrected chi connectivity index (χ3v) is 4.81. The zero-order valence-corrected chi connectivity index (χ0v) is 11.9. The van der Waals surface area contributed by atoms with Crippen molar-refractivity contribution in [2.24, 2.45) is 0 Å². The molecule has 0 atom stereocenters. The molecule has 0 aliphatic heterocycles. The van der Waals surface area contributed by atoms with Crippen molar-refractivity contribution in [3.8, 4) is 5.75 Å². The average molecular weight is 317 g/mol. The van der Waals surface area contributed by atoms with Crippen molar-refractivity contribution in [2.75, 3.05) is 12.0 Å². The number of hydrogen-bond donors (Lipinski definition) is 3. The Hall–Kier alpha value is -1.84. The number of phenolic OH excluding ortho intramolecular Hbond substituents is 1. The highest BCUT2D eigenvalue weighted by Gasteiger charge is 2.24. The first kappa shape index (κ1) is 14.6. The first-order chi connectivity index (χ1) is 9.03. The van der Waals surface area contributed by atoms with E-state index in [2.05, 4.69) is 0 Å². The van der Waals surface area contributed by atoms with Gasteiger partial charge in [0.25, 0.3) is 10.1 Å². The van der Waals surface area contributed by atoms with Gasteiger partial charge in [-0.3, -0.25) is 4.55 Å². The summed E-state index contributed by atoms with van der Waals surface area (Å²) in [5, 5.41) is 9.73. The number of nitrogen functional groups attached to an aromatic ring is 1. The SMILES string of the molecule is CS(=O)(=O)c1cc(S(=O)(=O)O)c(N)c2c(O)cccc12. The summed E-state index contributed by atoms with van der Waals surface area (Å²) in [6.45, 7) is 0. The smallest absolute Gasteiger partial charge is 0.296 e. The van der Waals surface area contributed by atoms with Crippen LogP contribution in [-0.2, 0) is 20.0 Å². The van der Waals surface area contributed by atoms with Crippen molar-refractivity contribution >= 4 is 36.4 Å². The van der Waals surface area contributed by atoms with Crippen LogP contribution in [0.5, 0.6) is 5.75 Å². The quantitative estimate of drug-likeness (QED) is 0.550. The summed E-state index contributed by atoms with van der Waals surface area (Å²) in [6, 6.07) is 4.80. The van der Waals surface area contributed by atoms with E-state index in [0.717, 1.165) is 12.3 Å². The Morgan fingerprint density at radius 1 is 1.10 bits per heavy atom. The van der Waals surface area contributed by atoms with E-state index in [1.165, 1.54) is 18.2 Å². The highest BCUT2D eigenvalue weighted by Crippen LogP contribution is 2.38. The van der Waals surface area contributed by atoms with Gasteiger partial charge in [0.2, 0.25) is 0 Å². The molecule has 4 N–H and O–H groups in total. The van der Waals surface area contributed by atoms with Crippen LogP contribution in [-0.4, -0.2) is 32.8 Å². The van der Waals surface area contributed by atoms with Crippen molar-refractivity contribution in [2.45, 2.75) is 9.79 Å². The maximum Gasteiger partial charge on any atom is 0.296 e. The first-order valence-corrected chi connectivity index (χ1v) is 8.58. The van der Waals surface area contributed by atoms with Gasteiger partial charge in [-0.2, -0.15) is 8.42 Å². The molecule has 0 unspecified atom stereocenters. The highest BCUT2D eigenvalue weighted by molar-refractivity contribution is 7.91. The van der Waals surface area contributed by atoms with Gasteiger partial charge < -0.3 is 10.8 Å². The van der Waals surface area contributed by atoms with E-state index in [-0.39, 0.29) is 21.4 Å². The number of sulfone groups is 1. The molecule has 20 heavy (non-hydrogen) atoms. The van der Waals surface area contributed by atoms with Crippen LogP contribution >= 0.6 is 0 Å². The Bertz CT molecular complexity index is 916. The van der Waals surface area contributed by atoms with Crippen molar-refractivity contribution in [1.82, 2.24) is 0 Å². The van der Waals surface area contributed by atoms with Crippen LogP contribution < -0.4 is 5.73 Å². The van der Waals surface area contributed by atoms with Crippen LogP contribution in [0.1, 0.15) is 0 Å². The number of hydrogen-bond acceptors (Lipinski definition) is 6. The molecule has 9 heteroatoms. The third-order valence-electron chi connectivity index (χ3n) is 2.78. The summed E-state index contributed by atoms with van der Waals surface area (Å²) in [5.41, 5.74) is 5.21. The van der Waals surface area contributed by atoms with Crippen LogP contribution in [0.2, 0.25) is 0 Å². The minimum atomic E-state index is -4.73. The number of fused-ring (bicyclic) bond motifs is 1. The van der Waals surface area contributed by atoms with E-state index in [4.69, 9.17) is 10.3 Å². The Kier molecular flexibility index (Phi) is 3.16. The highest BCUT2D eigenvalue weighted by atomic mass is 32.2. The molecular weight excluding hydrogens is 306 g/mol. The summed E-state index contributed by atoms with van der Waals surface area (Å²) < 4.78 is 55.2. The number of nitrogens with two attached hydrogens (primary N) is 1. The van der Waals surface area contributed by atoms with E-state index in [9.17, 15) is 21.9 Å². The first-order valence-electron chi connectivity index (χ1n) is 5.25. The van der Waals surface area contributed by atoms with Gasteiger partial charge in [-0.25, -0.2) is 8.42 Å². The van der Waals surface area contributed by atoms with Crippen LogP contribution in [0.15, 0.2) is 34.1 Å². The molecule has 108 valence electrons. The number of aromatic hydroxyl groups is 1. The molecule has 0 fully saturated rings. The molecule has 0 aliphatic rings. The monoisotopic (exact) mass is 317 g/mol. The summed E-state index contributed by atoms with van der Waals surface area (Å²) >= 11 is 0. The van der Waals surface area contributed by atoms with Crippen molar-refractivity contribution < 1.29 is 26.5 Å². The molecule has 0 spiro atoms. The largest absolute Gasteiger partial charge is 0.507 e. The van der Waals surface area contributed by atoms with Crippen molar-refractivity contribution in [3.05, 3.63) is 24.3 Å². The topological polar surface area (TPSA) is 135 Å². The van der Waals surface area contributed by atoms with Crippen LogP contribution in [0, 0.1) is 0 Å². The van der Waals surface area contributed by atoms with E-state index in [1.54, 1.807) is 0 Å². The fourth-order valence-electron chi connectivity index (χ4n) is 1.95. The van der Waals surface area contributed by atoms with Crippen LogP contribution in [0.4, 0.5) is 5.69 Å². The minimum Gasteiger partial charge on any atom is -0.507 e. The summed E-state index contributed by atoms with van der Waals surface area (Å²) in [6.07, 6.45) is 0.885. The Labute approximate surface area is 115 Å². The normalized spacial score (nSPS) is 12.7. The lowest BCUT2D eigenvalue weighted by molar-refractivity contribution is 0.481. The lowest BCUT2D eigenvalue weighted by atomic mass is 10.1. The van der Waals surface area contributed by atoms with Gasteiger partial charge >= 0.3 is 0 Å². The Morgan fingerprint density at radius 3 is 2.20 bits per heavy atom. The molecule has 0 saturated heterocycles. The number of phenols is 1. The lowest BCUT2D eigenvalue weighted by Crippen LogP contribution is -2.08. The third kappa shape index (κ3) is 2.30. The van der Waals surface area contributed by atoms with E-state index in [0.29, 0.717) is 0 Å². The number of rotatable bonds is 2. The molecule has 0 bridgehead atoms. The minimum absolute atomic E-state index is 0.0809. The van der Waals surface area contributed by atoms with Gasteiger partial charge in [-0.05, 0) is 12.1 Å². The second-order valence-electron chi connectivity index (χ2n) is 4.23. The summed E-state index contributed by atoms with van der Waals surface area (Å²) in [7, 11) is -8.51. The Balaban J connectivity index is 3.17. The number of benzene rings is 2.